The van der Waals surface area contributed by atoms with Crippen molar-refractivity contribution in [2.45, 2.75) is 97.7 Å². The average Bonchev–Trinajstić information content (AvgIpc) is 3.34. The molecule has 0 bridgehead atoms. The number of urea groups is 1. The lowest BCUT2D eigenvalue weighted by Gasteiger charge is -2.45. The summed E-state index contributed by atoms with van der Waals surface area (Å²) >= 11 is 6.22. The maximum absolute atomic E-state index is 13.6. The van der Waals surface area contributed by atoms with Crippen molar-refractivity contribution in [3.63, 3.8) is 0 Å². The van der Waals surface area contributed by atoms with Crippen LogP contribution in [-0.4, -0.2) is 57.1 Å². The molecular weight excluding hydrogens is 636 g/mol. The molecule has 4 rings (SSSR count). The molecule has 48 heavy (non-hydrogen) atoms. The van der Waals surface area contributed by atoms with Gasteiger partial charge in [0.2, 0.25) is 5.91 Å². The van der Waals surface area contributed by atoms with Crippen molar-refractivity contribution in [2.75, 3.05) is 5.32 Å². The lowest BCUT2D eigenvalue weighted by atomic mass is 9.70. The normalized spacial score (nSPS) is 26.2. The van der Waals surface area contributed by atoms with Crippen LogP contribution in [0.25, 0.3) is 0 Å². The quantitative estimate of drug-likeness (QED) is 0.184. The summed E-state index contributed by atoms with van der Waals surface area (Å²) in [7, 11) is 0. The van der Waals surface area contributed by atoms with Crippen LogP contribution in [0.4, 0.5) is 10.5 Å². The number of carbonyl (C=O) groups excluding carboxylic acids is 3. The van der Waals surface area contributed by atoms with Crippen molar-refractivity contribution in [2.24, 2.45) is 22.7 Å². The van der Waals surface area contributed by atoms with Crippen molar-refractivity contribution in [3.05, 3.63) is 64.2 Å². The molecule has 260 valence electrons. The van der Waals surface area contributed by atoms with Gasteiger partial charge in [0.1, 0.15) is 6.04 Å². The first-order valence-electron chi connectivity index (χ1n) is 16.2. The van der Waals surface area contributed by atoms with Crippen LogP contribution < -0.4 is 21.3 Å². The number of carboxylic acid groups (broad SMARTS) is 2. The zero-order valence-electron chi connectivity index (χ0n) is 28.6. The summed E-state index contributed by atoms with van der Waals surface area (Å²) in [5.74, 6) is -4.00. The molecule has 12 heteroatoms. The van der Waals surface area contributed by atoms with Crippen LogP contribution in [0.5, 0.6) is 0 Å². The Morgan fingerprint density at radius 2 is 1.38 bits per heavy atom. The highest BCUT2D eigenvalue weighted by molar-refractivity contribution is 6.34. The Morgan fingerprint density at radius 3 is 1.88 bits per heavy atom. The van der Waals surface area contributed by atoms with Gasteiger partial charge in [0.15, 0.2) is 0 Å². The number of rotatable bonds is 10. The first-order chi connectivity index (χ1) is 22.2. The van der Waals surface area contributed by atoms with Gasteiger partial charge in [0.05, 0.1) is 16.5 Å². The molecule has 2 aromatic carbocycles. The Hall–Kier alpha value is -4.12. The van der Waals surface area contributed by atoms with E-state index in [0.29, 0.717) is 47.5 Å². The topological polar surface area (TPSA) is 174 Å². The number of carboxylic acids is 2. The number of nitrogens with one attached hydrogen (secondary N) is 4. The SMILES string of the molecule is Cc1cccc(Cl)c1C(=O)Nc1ccc(C[C@H](NC(=O)[C@H]2CC[C@@](C)(NC(=O)N[C@]3(C)CCC(C(=O)O)C3(C)C)C2(C)C)C(=O)O)cc1. The van der Waals surface area contributed by atoms with Crippen LogP contribution in [0.2, 0.25) is 5.02 Å². The molecule has 0 saturated heterocycles. The van der Waals surface area contributed by atoms with E-state index in [0.717, 1.165) is 5.56 Å². The molecule has 0 radical (unpaired) electrons. The second-order valence-electron chi connectivity index (χ2n) is 14.9. The molecule has 0 aromatic heterocycles. The van der Waals surface area contributed by atoms with E-state index in [2.05, 4.69) is 21.3 Å². The number of anilines is 1. The van der Waals surface area contributed by atoms with Gasteiger partial charge in [-0.2, -0.15) is 0 Å². The summed E-state index contributed by atoms with van der Waals surface area (Å²) in [4.78, 5) is 63.8. The first kappa shape index (κ1) is 36.7. The lowest BCUT2D eigenvalue weighted by molar-refractivity contribution is -0.145. The summed E-state index contributed by atoms with van der Waals surface area (Å²) in [6, 6.07) is 10.3. The zero-order valence-corrected chi connectivity index (χ0v) is 29.4. The Morgan fingerprint density at radius 1 is 0.833 bits per heavy atom. The van der Waals surface area contributed by atoms with Crippen LogP contribution in [0.3, 0.4) is 0 Å². The van der Waals surface area contributed by atoms with Crippen molar-refractivity contribution in [1.29, 1.82) is 0 Å². The van der Waals surface area contributed by atoms with Gasteiger partial charge < -0.3 is 31.5 Å². The highest BCUT2D eigenvalue weighted by atomic mass is 35.5. The smallest absolute Gasteiger partial charge is 0.326 e. The van der Waals surface area contributed by atoms with Gasteiger partial charge in [0.25, 0.3) is 5.91 Å². The van der Waals surface area contributed by atoms with Gasteiger partial charge >= 0.3 is 18.0 Å². The van der Waals surface area contributed by atoms with Gasteiger partial charge in [-0.25, -0.2) is 9.59 Å². The number of benzene rings is 2. The Kier molecular flexibility index (Phi) is 10.3. The molecule has 4 amide bonds. The fourth-order valence-electron chi connectivity index (χ4n) is 7.42. The number of hydrogen-bond acceptors (Lipinski definition) is 5. The maximum Gasteiger partial charge on any atom is 0.326 e. The van der Waals surface area contributed by atoms with Crippen molar-refractivity contribution >= 4 is 47.1 Å². The number of hydrogen-bond donors (Lipinski definition) is 6. The van der Waals surface area contributed by atoms with Crippen LogP contribution in [0, 0.1) is 29.6 Å². The van der Waals surface area contributed by atoms with E-state index in [1.807, 2.05) is 41.5 Å². The highest BCUT2D eigenvalue weighted by Crippen LogP contribution is 2.52. The minimum atomic E-state index is -1.20. The van der Waals surface area contributed by atoms with Crippen molar-refractivity contribution in [3.8, 4) is 0 Å². The minimum absolute atomic E-state index is 0.0235. The van der Waals surface area contributed by atoms with Gasteiger partial charge in [-0.3, -0.25) is 14.4 Å². The van der Waals surface area contributed by atoms with E-state index in [1.54, 1.807) is 49.4 Å². The van der Waals surface area contributed by atoms with E-state index < -0.39 is 63.7 Å². The second-order valence-corrected chi connectivity index (χ2v) is 15.3. The number of aryl methyl sites for hydroxylation is 1. The maximum atomic E-state index is 13.6. The first-order valence-corrected chi connectivity index (χ1v) is 16.6. The average molecular weight is 683 g/mol. The predicted molar refractivity (Wildman–Crippen MR) is 183 cm³/mol. The number of aliphatic carboxylic acids is 2. The molecule has 2 saturated carbocycles. The van der Waals surface area contributed by atoms with E-state index in [-0.39, 0.29) is 12.3 Å². The third kappa shape index (κ3) is 7.02. The fourth-order valence-corrected chi connectivity index (χ4v) is 7.72. The molecule has 0 aliphatic heterocycles. The Bertz CT molecular complexity index is 1590. The molecule has 2 aliphatic carbocycles. The van der Waals surface area contributed by atoms with Crippen molar-refractivity contribution < 1.29 is 34.2 Å². The van der Waals surface area contributed by atoms with E-state index in [4.69, 9.17) is 11.6 Å². The molecule has 11 nitrogen and oxygen atoms in total. The van der Waals surface area contributed by atoms with Crippen molar-refractivity contribution in [1.82, 2.24) is 16.0 Å². The molecule has 2 aromatic rings. The van der Waals surface area contributed by atoms with Crippen LogP contribution in [0.15, 0.2) is 42.5 Å². The highest BCUT2D eigenvalue weighted by Gasteiger charge is 2.58. The van der Waals surface area contributed by atoms with E-state index >= 15 is 0 Å². The molecule has 5 atom stereocenters. The van der Waals surface area contributed by atoms with Gasteiger partial charge in [0, 0.05) is 34.5 Å². The standard InChI is InChI=1S/C36H47ClN4O7/c1-20-9-8-10-25(37)27(20)29(43)38-22-13-11-21(12-14-22)19-26(31(46)47)39-28(42)23-15-17-35(6,33(23,2)3)40-32(48)41-36(7)18-16-24(30(44)45)34(36,4)5/h8-14,23-24,26H,15-19H2,1-7H3,(H,38,43)(H,39,42)(H,44,45)(H,46,47)(H2,40,41,48)/t23-,24?,26+,35-,36-/m1/s1. The largest absolute Gasteiger partial charge is 0.481 e. The van der Waals surface area contributed by atoms with Gasteiger partial charge in [-0.05, 0) is 81.2 Å². The second kappa shape index (κ2) is 13.4. The summed E-state index contributed by atoms with van der Waals surface area (Å²) in [5.41, 5.74) is -0.700. The Labute approximate surface area is 286 Å². The number of amides is 4. The number of carbonyl (C=O) groups is 5. The molecule has 1 unspecified atom stereocenters. The third-order valence-electron chi connectivity index (χ3n) is 11.6. The summed E-state index contributed by atoms with van der Waals surface area (Å²) in [5, 5.41) is 31.7. The third-order valence-corrected chi connectivity index (χ3v) is 11.9. The zero-order chi connectivity index (χ0) is 35.8. The molecule has 2 fully saturated rings. The molecule has 2 aliphatic rings. The lowest BCUT2D eigenvalue weighted by Crippen LogP contribution is -2.63. The molecule has 0 heterocycles. The fraction of sp³-hybridized carbons (Fsp3) is 0.528. The minimum Gasteiger partial charge on any atom is -0.481 e. The summed E-state index contributed by atoms with van der Waals surface area (Å²) < 4.78 is 0. The summed E-state index contributed by atoms with van der Waals surface area (Å²) in [6.07, 6.45) is 1.92. The van der Waals surface area contributed by atoms with E-state index in [9.17, 15) is 34.2 Å². The summed E-state index contributed by atoms with van der Waals surface area (Å²) in [6.45, 7) is 13.0. The molecular formula is C36H47ClN4O7. The van der Waals surface area contributed by atoms with Gasteiger partial charge in [-0.15, -0.1) is 0 Å². The van der Waals surface area contributed by atoms with E-state index in [1.165, 1.54) is 0 Å². The Balaban J connectivity index is 1.38. The molecule has 0 spiro atoms. The monoisotopic (exact) mass is 682 g/mol. The predicted octanol–water partition coefficient (Wildman–Crippen LogP) is 5.79. The van der Waals surface area contributed by atoms with Crippen LogP contribution in [-0.2, 0) is 20.8 Å². The van der Waals surface area contributed by atoms with Crippen LogP contribution in [0.1, 0.15) is 88.7 Å². The number of halogens is 1. The van der Waals surface area contributed by atoms with Gasteiger partial charge in [-0.1, -0.05) is 63.6 Å². The van der Waals surface area contributed by atoms with Crippen LogP contribution >= 0.6 is 11.6 Å². The molecule has 6 N–H and O–H groups in total.